The summed E-state index contributed by atoms with van der Waals surface area (Å²) >= 11 is 0. The van der Waals surface area contributed by atoms with Crippen molar-refractivity contribution in [2.24, 2.45) is 0 Å². The molecule has 150 valence electrons. The van der Waals surface area contributed by atoms with Crippen molar-refractivity contribution in [2.75, 3.05) is 43.4 Å². The minimum Gasteiger partial charge on any atom is -0.382 e. The van der Waals surface area contributed by atoms with Crippen LogP contribution >= 0.6 is 0 Å². The number of likely N-dealkylation sites (tertiary alicyclic amines) is 1. The van der Waals surface area contributed by atoms with Crippen LogP contribution < -0.4 is 10.2 Å². The molecule has 1 aromatic heterocycles. The lowest BCUT2D eigenvalue weighted by Gasteiger charge is -2.33. The number of fused-ring (bicyclic) bond motifs is 1. The number of nitrogens with one attached hydrogen (secondary N) is 1. The Labute approximate surface area is 163 Å². The summed E-state index contributed by atoms with van der Waals surface area (Å²) in [5.74, 6) is 0.594. The van der Waals surface area contributed by atoms with E-state index in [0.717, 1.165) is 56.5 Å². The molecule has 3 heterocycles. The molecule has 1 N–H and O–H groups in total. The van der Waals surface area contributed by atoms with Gasteiger partial charge < -0.3 is 15.1 Å². The molecular formula is C21H25F3N4. The first-order valence-electron chi connectivity index (χ1n) is 9.73. The van der Waals surface area contributed by atoms with Crippen molar-refractivity contribution in [1.29, 1.82) is 0 Å². The predicted molar refractivity (Wildman–Crippen MR) is 108 cm³/mol. The topological polar surface area (TPSA) is 31.4 Å². The Kier molecular flexibility index (Phi) is 4.95. The normalized spacial score (nSPS) is 18.9. The van der Waals surface area contributed by atoms with Gasteiger partial charge in [-0.15, -0.1) is 0 Å². The molecule has 0 unspecified atom stereocenters. The third-order valence-corrected chi connectivity index (χ3v) is 5.75. The van der Waals surface area contributed by atoms with E-state index in [0.29, 0.717) is 17.2 Å². The lowest BCUT2D eigenvalue weighted by molar-refractivity contribution is -0.0688. The molecular weight excluding hydrogens is 365 g/mol. The van der Waals surface area contributed by atoms with Gasteiger partial charge >= 0.3 is 6.18 Å². The second-order valence-electron chi connectivity index (χ2n) is 7.77. The quantitative estimate of drug-likeness (QED) is 0.831. The van der Waals surface area contributed by atoms with Crippen LogP contribution in [-0.4, -0.2) is 55.3 Å². The van der Waals surface area contributed by atoms with Gasteiger partial charge in [0.2, 0.25) is 0 Å². The summed E-state index contributed by atoms with van der Waals surface area (Å²) in [5.41, 5.74) is -0.0947. The number of benzene rings is 1. The van der Waals surface area contributed by atoms with E-state index in [4.69, 9.17) is 0 Å². The van der Waals surface area contributed by atoms with Gasteiger partial charge in [0.15, 0.2) is 0 Å². The number of pyridine rings is 1. The maximum atomic E-state index is 13.4. The smallest absolute Gasteiger partial charge is 0.382 e. The van der Waals surface area contributed by atoms with Crippen LogP contribution in [0.3, 0.4) is 0 Å². The van der Waals surface area contributed by atoms with Crippen molar-refractivity contribution in [1.82, 2.24) is 9.88 Å². The van der Waals surface area contributed by atoms with Gasteiger partial charge in [0, 0.05) is 35.6 Å². The molecule has 7 heteroatoms. The van der Waals surface area contributed by atoms with Crippen molar-refractivity contribution < 1.29 is 13.2 Å². The number of aromatic nitrogens is 1. The van der Waals surface area contributed by atoms with Crippen LogP contribution in [0.25, 0.3) is 16.3 Å². The lowest BCUT2D eigenvalue weighted by Crippen LogP contribution is -2.38. The summed E-state index contributed by atoms with van der Waals surface area (Å²) in [7, 11) is 2.11. The lowest BCUT2D eigenvalue weighted by atomic mass is 10.0. The van der Waals surface area contributed by atoms with Crippen molar-refractivity contribution in [3.63, 3.8) is 0 Å². The average molecular weight is 390 g/mol. The van der Waals surface area contributed by atoms with E-state index in [1.807, 2.05) is 17.0 Å². The fraction of sp³-hybridized carbons (Fsp3) is 0.476. The fourth-order valence-corrected chi connectivity index (χ4v) is 3.83. The van der Waals surface area contributed by atoms with E-state index in [1.165, 1.54) is 0 Å². The maximum absolute atomic E-state index is 13.4. The number of piperidine rings is 1. The Morgan fingerprint density at radius 2 is 1.86 bits per heavy atom. The molecule has 2 aliphatic rings. The molecule has 0 saturated carbocycles. The number of halogens is 3. The summed E-state index contributed by atoms with van der Waals surface area (Å²) in [6.07, 6.45) is -1.45. The van der Waals surface area contributed by atoms with Gasteiger partial charge in [0.05, 0.1) is 11.3 Å². The third kappa shape index (κ3) is 3.68. The average Bonchev–Trinajstić information content (AvgIpc) is 2.61. The Morgan fingerprint density at radius 1 is 1.14 bits per heavy atom. The number of hydrogen-bond donors (Lipinski definition) is 1. The largest absolute Gasteiger partial charge is 0.417 e. The van der Waals surface area contributed by atoms with E-state index in [9.17, 15) is 13.2 Å². The van der Waals surface area contributed by atoms with E-state index < -0.39 is 11.7 Å². The van der Waals surface area contributed by atoms with Gasteiger partial charge in [-0.25, -0.2) is 4.98 Å². The molecule has 4 nitrogen and oxygen atoms in total. The van der Waals surface area contributed by atoms with Gasteiger partial charge in [0.1, 0.15) is 5.82 Å². The first-order valence-corrected chi connectivity index (χ1v) is 9.73. The molecule has 0 aliphatic carbocycles. The highest BCUT2D eigenvalue weighted by Gasteiger charge is 2.35. The first kappa shape index (κ1) is 19.1. The summed E-state index contributed by atoms with van der Waals surface area (Å²) in [6.45, 7) is 6.98. The summed E-state index contributed by atoms with van der Waals surface area (Å²) in [4.78, 5) is 8.66. The van der Waals surface area contributed by atoms with Crippen LogP contribution in [-0.2, 0) is 0 Å². The van der Waals surface area contributed by atoms with Crippen LogP contribution in [0.5, 0.6) is 0 Å². The standard InChI is InChI=1S/C21H25F3N4/c1-14(21(22,23)24)20-16-5-3-6-18(25-15-7-11-27(2)12-8-15)17(16)13-19(26-20)28-9-4-10-28/h3,5-6,13,15,25H,1,4,7-12H2,2H3. The minimum absolute atomic E-state index is 0.0704. The Bertz CT molecular complexity index is 881. The molecule has 28 heavy (non-hydrogen) atoms. The zero-order valence-corrected chi connectivity index (χ0v) is 16.0. The SMILES string of the molecule is C=C(c1nc(N2CCC2)cc2c(NC3CCN(C)CC3)cccc12)C(F)(F)F. The molecule has 2 aromatic rings. The molecule has 0 radical (unpaired) electrons. The van der Waals surface area contributed by atoms with Gasteiger partial charge in [-0.3, -0.25) is 0 Å². The van der Waals surface area contributed by atoms with Crippen LogP contribution in [0.1, 0.15) is 25.0 Å². The van der Waals surface area contributed by atoms with E-state index in [2.05, 4.69) is 28.8 Å². The summed E-state index contributed by atoms with van der Waals surface area (Å²) in [6, 6.07) is 7.67. The zero-order valence-electron chi connectivity index (χ0n) is 16.0. The number of hydrogen-bond acceptors (Lipinski definition) is 4. The molecule has 0 spiro atoms. The number of allylic oxidation sites excluding steroid dienone is 1. The van der Waals surface area contributed by atoms with Gasteiger partial charge in [-0.05, 0) is 51.5 Å². The molecule has 0 amide bonds. The highest BCUT2D eigenvalue weighted by Crippen LogP contribution is 2.39. The van der Waals surface area contributed by atoms with E-state index in [1.54, 1.807) is 12.1 Å². The van der Waals surface area contributed by atoms with Gasteiger partial charge in [-0.1, -0.05) is 18.7 Å². The molecule has 2 fully saturated rings. The number of rotatable bonds is 4. The number of nitrogens with zero attached hydrogens (tertiary/aromatic N) is 3. The molecule has 2 aliphatic heterocycles. The van der Waals surface area contributed by atoms with Crippen molar-refractivity contribution in [2.45, 2.75) is 31.5 Å². The van der Waals surface area contributed by atoms with Gasteiger partial charge in [0.25, 0.3) is 0 Å². The van der Waals surface area contributed by atoms with Crippen LogP contribution in [0, 0.1) is 0 Å². The monoisotopic (exact) mass is 390 g/mol. The van der Waals surface area contributed by atoms with Crippen LogP contribution in [0.4, 0.5) is 24.7 Å². The highest BCUT2D eigenvalue weighted by molar-refractivity contribution is 6.01. The van der Waals surface area contributed by atoms with E-state index >= 15 is 0 Å². The molecule has 1 aromatic carbocycles. The maximum Gasteiger partial charge on any atom is 0.417 e. The first-order chi connectivity index (χ1) is 13.3. The highest BCUT2D eigenvalue weighted by atomic mass is 19.4. The summed E-state index contributed by atoms with van der Waals surface area (Å²) < 4.78 is 40.3. The van der Waals surface area contributed by atoms with Crippen LogP contribution in [0.15, 0.2) is 30.8 Å². The number of alkyl halides is 3. The Hall–Kier alpha value is -2.28. The molecule has 2 saturated heterocycles. The third-order valence-electron chi connectivity index (χ3n) is 5.75. The predicted octanol–water partition coefficient (Wildman–Crippen LogP) is 4.53. The van der Waals surface area contributed by atoms with Crippen molar-refractivity contribution in [3.8, 4) is 0 Å². The van der Waals surface area contributed by atoms with E-state index in [-0.39, 0.29) is 5.69 Å². The second-order valence-corrected chi connectivity index (χ2v) is 7.77. The van der Waals surface area contributed by atoms with Crippen molar-refractivity contribution >= 4 is 27.9 Å². The second kappa shape index (κ2) is 7.28. The summed E-state index contributed by atoms with van der Waals surface area (Å²) in [5, 5.41) is 4.83. The van der Waals surface area contributed by atoms with Crippen molar-refractivity contribution in [3.05, 3.63) is 36.5 Å². The molecule has 0 bridgehead atoms. The zero-order chi connectivity index (χ0) is 19.9. The Balaban J connectivity index is 1.77. The van der Waals surface area contributed by atoms with Crippen LogP contribution in [0.2, 0.25) is 0 Å². The molecule has 0 atom stereocenters. The molecule has 4 rings (SSSR count). The minimum atomic E-state index is -4.51. The fourth-order valence-electron chi connectivity index (χ4n) is 3.83. The number of anilines is 2. The Morgan fingerprint density at radius 3 is 2.46 bits per heavy atom. The van der Waals surface area contributed by atoms with Gasteiger partial charge in [-0.2, -0.15) is 13.2 Å².